The zero-order valence-electron chi connectivity index (χ0n) is 14.7. The fraction of sp³-hybridized carbons (Fsp3) is 0.158. The van der Waals surface area contributed by atoms with Gasteiger partial charge in [0.15, 0.2) is 23.9 Å². The predicted molar refractivity (Wildman–Crippen MR) is 97.0 cm³/mol. The van der Waals surface area contributed by atoms with Gasteiger partial charge in [0.25, 0.3) is 5.69 Å². The largest absolute Gasteiger partial charge is 0.493 e. The van der Waals surface area contributed by atoms with Gasteiger partial charge in [0.2, 0.25) is 0 Å². The van der Waals surface area contributed by atoms with E-state index >= 15 is 0 Å². The molecule has 0 aliphatic rings. The molecule has 0 amide bonds. The monoisotopic (exact) mass is 371 g/mol. The van der Waals surface area contributed by atoms with Crippen LogP contribution in [0.5, 0.6) is 11.5 Å². The fourth-order valence-corrected chi connectivity index (χ4v) is 2.16. The van der Waals surface area contributed by atoms with Gasteiger partial charge in [-0.3, -0.25) is 14.9 Å². The average molecular weight is 371 g/mol. The van der Waals surface area contributed by atoms with Crippen LogP contribution in [0.4, 0.5) is 5.69 Å². The van der Waals surface area contributed by atoms with E-state index in [1.807, 2.05) is 0 Å². The summed E-state index contributed by atoms with van der Waals surface area (Å²) >= 11 is 0. The van der Waals surface area contributed by atoms with Crippen LogP contribution in [-0.4, -0.2) is 37.5 Å². The second kappa shape index (κ2) is 9.14. The number of rotatable bonds is 8. The topological polar surface area (TPSA) is 105 Å². The van der Waals surface area contributed by atoms with Crippen molar-refractivity contribution in [3.8, 4) is 11.5 Å². The van der Waals surface area contributed by atoms with Gasteiger partial charge in [-0.25, -0.2) is 4.79 Å². The summed E-state index contributed by atoms with van der Waals surface area (Å²) in [5.41, 5.74) is 0.782. The van der Waals surface area contributed by atoms with E-state index in [2.05, 4.69) is 0 Å². The summed E-state index contributed by atoms with van der Waals surface area (Å²) in [5.74, 6) is -0.0786. The Morgan fingerprint density at radius 3 is 2.30 bits per heavy atom. The molecule has 0 N–H and O–H groups in total. The molecule has 0 saturated carbocycles. The SMILES string of the molecule is COc1ccc(/C=C/C(=O)OCC(=O)c2ccc([N+](=O)[O-])cc2)cc1OC. The van der Waals surface area contributed by atoms with Crippen molar-refractivity contribution in [1.29, 1.82) is 0 Å². The maximum atomic E-state index is 12.0. The molecule has 2 aromatic carbocycles. The number of esters is 1. The summed E-state index contributed by atoms with van der Waals surface area (Å²) in [6, 6.07) is 10.2. The van der Waals surface area contributed by atoms with Gasteiger partial charge in [0, 0.05) is 23.8 Å². The second-order valence-corrected chi connectivity index (χ2v) is 5.28. The first-order valence-corrected chi connectivity index (χ1v) is 7.79. The number of methoxy groups -OCH3 is 2. The Bertz CT molecular complexity index is 872. The zero-order valence-corrected chi connectivity index (χ0v) is 14.7. The summed E-state index contributed by atoms with van der Waals surface area (Å²) in [5, 5.41) is 10.6. The number of hydrogen-bond acceptors (Lipinski definition) is 7. The van der Waals surface area contributed by atoms with E-state index in [9.17, 15) is 19.7 Å². The van der Waals surface area contributed by atoms with E-state index in [1.165, 1.54) is 50.6 Å². The van der Waals surface area contributed by atoms with Crippen LogP contribution in [0.3, 0.4) is 0 Å². The Kier molecular flexibility index (Phi) is 6.65. The second-order valence-electron chi connectivity index (χ2n) is 5.28. The molecule has 0 saturated heterocycles. The van der Waals surface area contributed by atoms with Gasteiger partial charge in [-0.1, -0.05) is 6.07 Å². The van der Waals surface area contributed by atoms with Gasteiger partial charge >= 0.3 is 5.97 Å². The Morgan fingerprint density at radius 1 is 1.04 bits per heavy atom. The van der Waals surface area contributed by atoms with E-state index < -0.39 is 23.3 Å². The number of hydrogen-bond donors (Lipinski definition) is 0. The summed E-state index contributed by atoms with van der Waals surface area (Å²) in [7, 11) is 3.02. The fourth-order valence-electron chi connectivity index (χ4n) is 2.16. The van der Waals surface area contributed by atoms with Crippen LogP contribution in [0.25, 0.3) is 6.08 Å². The number of non-ortho nitro benzene ring substituents is 1. The van der Waals surface area contributed by atoms with E-state index in [4.69, 9.17) is 14.2 Å². The van der Waals surface area contributed by atoms with Crippen molar-refractivity contribution >= 4 is 23.5 Å². The maximum absolute atomic E-state index is 12.0. The molecule has 0 heterocycles. The number of nitrogens with zero attached hydrogens (tertiary/aromatic N) is 1. The van der Waals surface area contributed by atoms with Crippen LogP contribution in [-0.2, 0) is 9.53 Å². The smallest absolute Gasteiger partial charge is 0.331 e. The normalized spacial score (nSPS) is 10.4. The Labute approximate surface area is 155 Å². The predicted octanol–water partition coefficient (Wildman–Crippen LogP) is 3.05. The van der Waals surface area contributed by atoms with Crippen LogP contribution in [0.2, 0.25) is 0 Å². The minimum atomic E-state index is -0.694. The van der Waals surface area contributed by atoms with Crippen molar-refractivity contribution in [1.82, 2.24) is 0 Å². The molecule has 0 aliphatic carbocycles. The van der Waals surface area contributed by atoms with Crippen LogP contribution in [0.1, 0.15) is 15.9 Å². The number of nitro benzene ring substituents is 1. The molecule has 0 spiro atoms. The van der Waals surface area contributed by atoms with Crippen molar-refractivity contribution in [3.63, 3.8) is 0 Å². The first kappa shape index (κ1) is 19.6. The molecular weight excluding hydrogens is 354 g/mol. The van der Waals surface area contributed by atoms with Crippen LogP contribution < -0.4 is 9.47 Å². The average Bonchev–Trinajstić information content (AvgIpc) is 2.70. The lowest BCUT2D eigenvalue weighted by Crippen LogP contribution is -2.12. The van der Waals surface area contributed by atoms with Crippen LogP contribution >= 0.6 is 0 Å². The van der Waals surface area contributed by atoms with Crippen molar-refractivity contribution in [2.75, 3.05) is 20.8 Å². The van der Waals surface area contributed by atoms with Crippen molar-refractivity contribution in [3.05, 3.63) is 69.8 Å². The molecule has 0 unspecified atom stereocenters. The quantitative estimate of drug-likeness (QED) is 0.231. The van der Waals surface area contributed by atoms with Crippen LogP contribution in [0.15, 0.2) is 48.5 Å². The van der Waals surface area contributed by atoms with E-state index in [1.54, 1.807) is 18.2 Å². The molecule has 2 aromatic rings. The van der Waals surface area contributed by atoms with E-state index in [-0.39, 0.29) is 11.3 Å². The Balaban J connectivity index is 1.92. The molecule has 0 bridgehead atoms. The summed E-state index contributed by atoms with van der Waals surface area (Å²) in [6.45, 7) is -0.465. The van der Waals surface area contributed by atoms with E-state index in [0.717, 1.165) is 0 Å². The number of carbonyl (C=O) groups excluding carboxylic acids is 2. The minimum absolute atomic E-state index is 0.124. The standard InChI is InChI=1S/C19H17NO7/c1-25-17-9-3-13(11-18(17)26-2)4-10-19(22)27-12-16(21)14-5-7-15(8-6-14)20(23)24/h3-11H,12H2,1-2H3/b10-4+. The summed E-state index contributed by atoms with van der Waals surface area (Å²) in [4.78, 5) is 33.8. The molecule has 0 fully saturated rings. The third-order valence-corrected chi connectivity index (χ3v) is 3.57. The number of Topliss-reactive ketones (excluding diaryl/α,β-unsaturated/α-hetero) is 1. The summed E-state index contributed by atoms with van der Waals surface area (Å²) < 4.78 is 15.2. The molecule has 0 aliphatic heterocycles. The highest BCUT2D eigenvalue weighted by atomic mass is 16.6. The van der Waals surface area contributed by atoms with Gasteiger partial charge in [-0.2, -0.15) is 0 Å². The number of ketones is 1. The number of carbonyl (C=O) groups is 2. The van der Waals surface area contributed by atoms with Gasteiger partial charge in [-0.15, -0.1) is 0 Å². The molecule has 140 valence electrons. The maximum Gasteiger partial charge on any atom is 0.331 e. The highest BCUT2D eigenvalue weighted by Gasteiger charge is 2.11. The van der Waals surface area contributed by atoms with Crippen molar-refractivity contribution in [2.24, 2.45) is 0 Å². The number of benzene rings is 2. The lowest BCUT2D eigenvalue weighted by Gasteiger charge is -2.07. The molecule has 0 radical (unpaired) electrons. The molecule has 8 nitrogen and oxygen atoms in total. The summed E-state index contributed by atoms with van der Waals surface area (Å²) in [6.07, 6.45) is 2.70. The van der Waals surface area contributed by atoms with E-state index in [0.29, 0.717) is 17.1 Å². The molecular formula is C19H17NO7. The Morgan fingerprint density at radius 2 is 1.70 bits per heavy atom. The number of nitro groups is 1. The first-order valence-electron chi connectivity index (χ1n) is 7.79. The van der Waals surface area contributed by atoms with Gasteiger partial charge in [-0.05, 0) is 35.9 Å². The molecule has 8 heteroatoms. The third kappa shape index (κ3) is 5.40. The lowest BCUT2D eigenvalue weighted by atomic mass is 10.1. The third-order valence-electron chi connectivity index (χ3n) is 3.57. The zero-order chi connectivity index (χ0) is 19.8. The highest BCUT2D eigenvalue weighted by Crippen LogP contribution is 2.27. The molecule has 0 atom stereocenters. The van der Waals surface area contributed by atoms with Gasteiger partial charge in [0.05, 0.1) is 19.1 Å². The van der Waals surface area contributed by atoms with Gasteiger partial charge in [0.1, 0.15) is 0 Å². The van der Waals surface area contributed by atoms with Crippen LogP contribution in [0, 0.1) is 10.1 Å². The molecule has 27 heavy (non-hydrogen) atoms. The molecule has 0 aromatic heterocycles. The lowest BCUT2D eigenvalue weighted by molar-refractivity contribution is -0.384. The van der Waals surface area contributed by atoms with Crippen molar-refractivity contribution < 1.29 is 28.7 Å². The Hall–Kier alpha value is -3.68. The van der Waals surface area contributed by atoms with Gasteiger partial charge < -0.3 is 14.2 Å². The number of ether oxygens (including phenoxy) is 3. The first-order chi connectivity index (χ1) is 12.9. The molecule has 2 rings (SSSR count). The van der Waals surface area contributed by atoms with Crippen molar-refractivity contribution in [2.45, 2.75) is 0 Å². The minimum Gasteiger partial charge on any atom is -0.493 e. The highest BCUT2D eigenvalue weighted by molar-refractivity contribution is 5.99.